The van der Waals surface area contributed by atoms with Crippen molar-refractivity contribution in [3.8, 4) is 10.4 Å². The van der Waals surface area contributed by atoms with E-state index in [1.807, 2.05) is 18.5 Å². The van der Waals surface area contributed by atoms with Crippen LogP contribution in [0.2, 0.25) is 0 Å². The first-order chi connectivity index (χ1) is 13.7. The first-order valence-corrected chi connectivity index (χ1v) is 12.4. The summed E-state index contributed by atoms with van der Waals surface area (Å²) in [6.07, 6.45) is 2.06. The molecule has 0 aliphatic carbocycles. The van der Waals surface area contributed by atoms with Crippen LogP contribution in [0.1, 0.15) is 24.1 Å². The number of amides is 1. The molecule has 3 aromatic rings. The van der Waals surface area contributed by atoms with E-state index in [4.69, 9.17) is 0 Å². The van der Waals surface area contributed by atoms with Crippen LogP contribution in [0.5, 0.6) is 0 Å². The number of aromatic nitrogens is 1. The fraction of sp³-hybridized carbons (Fsp3) is 0.273. The van der Waals surface area contributed by atoms with Crippen LogP contribution in [0.25, 0.3) is 10.4 Å². The number of hydrogen-bond acceptors (Lipinski definition) is 4. The van der Waals surface area contributed by atoms with Crippen LogP contribution in [0.4, 0.5) is 0 Å². The molecule has 146 valence electrons. The van der Waals surface area contributed by atoms with Gasteiger partial charge in [0.25, 0.3) is 0 Å². The molecule has 1 fully saturated rings. The second kappa shape index (κ2) is 9.15. The monoisotopic (exact) mass is 504 g/mol. The third kappa shape index (κ3) is 4.61. The number of hydrogen-bond donors (Lipinski definition) is 1. The van der Waals surface area contributed by atoms with Gasteiger partial charge in [-0.1, -0.05) is 0 Å². The predicted octanol–water partition coefficient (Wildman–Crippen LogP) is 1.07. The molecular weight excluding hydrogens is 481 g/mol. The Hall–Kier alpha value is -1.77. The first kappa shape index (κ1) is 19.5. The molecule has 28 heavy (non-hydrogen) atoms. The Morgan fingerprint density at radius 2 is 2.00 bits per heavy atom. The van der Waals surface area contributed by atoms with E-state index in [1.165, 1.54) is 14.0 Å². The van der Waals surface area contributed by atoms with Gasteiger partial charge in [0.2, 0.25) is 0 Å². The van der Waals surface area contributed by atoms with Crippen molar-refractivity contribution in [2.24, 2.45) is 0 Å². The Bertz CT molecular complexity index is 926. The molecule has 0 spiro atoms. The van der Waals surface area contributed by atoms with Crippen molar-refractivity contribution >= 4 is 17.2 Å². The van der Waals surface area contributed by atoms with Gasteiger partial charge < -0.3 is 0 Å². The summed E-state index contributed by atoms with van der Waals surface area (Å²) in [5, 5.41) is 3.15. The van der Waals surface area contributed by atoms with E-state index in [0.29, 0.717) is 6.54 Å². The summed E-state index contributed by atoms with van der Waals surface area (Å²) in [5.74, 6) is 0.163. The summed E-state index contributed by atoms with van der Waals surface area (Å²) in [4.78, 5) is 18.3. The van der Waals surface area contributed by atoms with Gasteiger partial charge in [-0.05, 0) is 0 Å². The number of carbonyl (C=O) groups is 1. The average molecular weight is 504 g/mol. The van der Waals surface area contributed by atoms with Gasteiger partial charge in [-0.2, -0.15) is 0 Å². The summed E-state index contributed by atoms with van der Waals surface area (Å²) in [7, 11) is 0. The van der Waals surface area contributed by atoms with E-state index in [1.54, 1.807) is 11.3 Å². The quantitative estimate of drug-likeness (QED) is 0.404. The molecule has 1 aromatic heterocycles. The zero-order chi connectivity index (χ0) is 19.3. The minimum atomic E-state index is -0.278. The standard InChI is InChI=1S/C22H23IN3OS/c1-16-21(28-15-25-16)18-11-9-17(10-12-18)14-24-22(27)20-8-5-13-26(20)23-19-6-3-2-4-7-19/h2-4,6-7,9-12,15,20H,5,8,13-14H2,1H3,(H,24,27)/q-1. The van der Waals surface area contributed by atoms with Crippen LogP contribution < -0.4 is 26.8 Å². The van der Waals surface area contributed by atoms with Crippen LogP contribution in [-0.2, 0) is 11.3 Å². The molecule has 2 heterocycles. The number of rotatable bonds is 6. The fourth-order valence-electron chi connectivity index (χ4n) is 3.35. The summed E-state index contributed by atoms with van der Waals surface area (Å²) in [5.41, 5.74) is 5.25. The summed E-state index contributed by atoms with van der Waals surface area (Å²) in [6, 6.07) is 19.0. The van der Waals surface area contributed by atoms with Gasteiger partial charge in [-0.25, -0.2) is 0 Å². The van der Waals surface area contributed by atoms with Crippen LogP contribution in [0.15, 0.2) is 60.1 Å². The Morgan fingerprint density at radius 1 is 1.21 bits per heavy atom. The molecule has 1 aliphatic rings. The molecule has 6 heteroatoms. The molecule has 1 aliphatic heterocycles. The zero-order valence-electron chi connectivity index (χ0n) is 15.8. The van der Waals surface area contributed by atoms with Crippen molar-refractivity contribution in [1.82, 2.24) is 13.4 Å². The van der Waals surface area contributed by atoms with Crippen LogP contribution in [0.3, 0.4) is 0 Å². The number of thiazole rings is 1. The maximum atomic E-state index is 12.8. The molecular formula is C22H23IN3OS-. The van der Waals surface area contributed by atoms with Gasteiger partial charge in [0.05, 0.1) is 0 Å². The number of benzene rings is 2. The van der Waals surface area contributed by atoms with E-state index in [-0.39, 0.29) is 33.4 Å². The summed E-state index contributed by atoms with van der Waals surface area (Å²) in [6.45, 7) is 3.64. The Balaban J connectivity index is 1.34. The number of aryl methyl sites for hydroxylation is 1. The van der Waals surface area contributed by atoms with Crippen LogP contribution in [-0.4, -0.2) is 26.6 Å². The van der Waals surface area contributed by atoms with Crippen molar-refractivity contribution in [2.45, 2.75) is 32.4 Å². The molecule has 1 unspecified atom stereocenters. The van der Waals surface area contributed by atoms with Gasteiger partial charge in [0.1, 0.15) is 0 Å². The van der Waals surface area contributed by atoms with Gasteiger partial charge in [-0.3, -0.25) is 0 Å². The number of nitrogens with one attached hydrogen (secondary N) is 1. The molecule has 0 radical (unpaired) electrons. The SMILES string of the molecule is Cc1ncsc1-c1ccc(CNC(=O)C2CCCN2[I-]c2ccccc2)cc1. The second-order valence-electron chi connectivity index (χ2n) is 6.84. The van der Waals surface area contributed by atoms with Crippen molar-refractivity contribution in [3.63, 3.8) is 0 Å². The Kier molecular flexibility index (Phi) is 6.39. The van der Waals surface area contributed by atoms with Crippen molar-refractivity contribution < 1.29 is 26.3 Å². The fourth-order valence-corrected chi connectivity index (χ4v) is 7.06. The molecule has 0 bridgehead atoms. The summed E-state index contributed by atoms with van der Waals surface area (Å²) < 4.78 is 3.77. The molecule has 2 aromatic carbocycles. The minimum absolute atomic E-state index is 0.0205. The maximum absolute atomic E-state index is 12.8. The summed E-state index contributed by atoms with van der Waals surface area (Å²) >= 11 is 1.38. The molecule has 1 amide bonds. The molecule has 0 saturated carbocycles. The van der Waals surface area contributed by atoms with E-state index in [2.05, 4.69) is 61.9 Å². The number of halogens is 1. The second-order valence-corrected chi connectivity index (χ2v) is 10.7. The van der Waals surface area contributed by atoms with Crippen LogP contribution >= 0.6 is 11.3 Å². The molecule has 1 N–H and O–H groups in total. The molecule has 4 rings (SSSR count). The third-order valence-corrected chi connectivity index (χ3v) is 8.89. The topological polar surface area (TPSA) is 45.2 Å². The van der Waals surface area contributed by atoms with E-state index < -0.39 is 0 Å². The van der Waals surface area contributed by atoms with E-state index in [0.717, 1.165) is 30.6 Å². The van der Waals surface area contributed by atoms with Crippen LogP contribution in [0, 0.1) is 10.5 Å². The zero-order valence-corrected chi connectivity index (χ0v) is 18.7. The van der Waals surface area contributed by atoms with Crippen molar-refractivity contribution in [1.29, 1.82) is 0 Å². The van der Waals surface area contributed by atoms with Gasteiger partial charge >= 0.3 is 181 Å². The predicted molar refractivity (Wildman–Crippen MR) is 109 cm³/mol. The van der Waals surface area contributed by atoms with Crippen molar-refractivity contribution in [3.05, 3.63) is 74.9 Å². The molecule has 4 nitrogen and oxygen atoms in total. The Labute approximate surface area is 180 Å². The van der Waals surface area contributed by atoms with Gasteiger partial charge in [0.15, 0.2) is 0 Å². The van der Waals surface area contributed by atoms with Crippen molar-refractivity contribution in [2.75, 3.05) is 6.54 Å². The van der Waals surface area contributed by atoms with E-state index in [9.17, 15) is 4.79 Å². The van der Waals surface area contributed by atoms with Gasteiger partial charge in [-0.15, -0.1) is 0 Å². The van der Waals surface area contributed by atoms with Gasteiger partial charge in [0, 0.05) is 0 Å². The Morgan fingerprint density at radius 3 is 2.71 bits per heavy atom. The number of nitrogens with zero attached hydrogens (tertiary/aromatic N) is 2. The van der Waals surface area contributed by atoms with E-state index >= 15 is 0 Å². The number of carbonyl (C=O) groups excluding carboxylic acids is 1. The average Bonchev–Trinajstić information content (AvgIpc) is 3.36. The first-order valence-electron chi connectivity index (χ1n) is 9.44. The third-order valence-electron chi connectivity index (χ3n) is 4.86. The molecule has 1 saturated heterocycles. The normalized spacial score (nSPS) is 17.1. The molecule has 1 atom stereocenters.